The molecule has 1 N–H and O–H groups in total. The van der Waals surface area contributed by atoms with Crippen LogP contribution in [0.15, 0.2) is 18.2 Å². The van der Waals surface area contributed by atoms with Crippen molar-refractivity contribution in [2.75, 3.05) is 13.7 Å². The normalized spacial score (nSPS) is 17.4. The van der Waals surface area contributed by atoms with E-state index in [-0.39, 0.29) is 0 Å². The number of hydrogen-bond donors (Lipinski definition) is 1. The number of rotatable bonds is 6. The lowest BCUT2D eigenvalue weighted by atomic mass is 10.1. The lowest BCUT2D eigenvalue weighted by molar-refractivity contribution is 0.200. The second-order valence-corrected chi connectivity index (χ2v) is 5.21. The summed E-state index contributed by atoms with van der Waals surface area (Å²) in [6.45, 7) is 5.24. The van der Waals surface area contributed by atoms with Gasteiger partial charge in [0, 0.05) is 6.04 Å². The van der Waals surface area contributed by atoms with Crippen molar-refractivity contribution in [2.45, 2.75) is 51.7 Å². The van der Waals surface area contributed by atoms with Gasteiger partial charge in [0.2, 0.25) is 0 Å². The van der Waals surface area contributed by atoms with Crippen LogP contribution >= 0.6 is 0 Å². The van der Waals surface area contributed by atoms with E-state index in [9.17, 15) is 0 Å². The molecule has 1 aliphatic rings. The van der Waals surface area contributed by atoms with Gasteiger partial charge < -0.3 is 14.8 Å². The van der Waals surface area contributed by atoms with Crippen molar-refractivity contribution in [3.63, 3.8) is 0 Å². The summed E-state index contributed by atoms with van der Waals surface area (Å²) in [4.78, 5) is 0. The Labute approximate surface area is 116 Å². The van der Waals surface area contributed by atoms with E-state index in [0.29, 0.717) is 12.1 Å². The van der Waals surface area contributed by atoms with Crippen molar-refractivity contribution in [3.8, 4) is 11.5 Å². The number of methoxy groups -OCH3 is 1. The van der Waals surface area contributed by atoms with Gasteiger partial charge in [-0.1, -0.05) is 13.0 Å². The smallest absolute Gasteiger partial charge is 0.161 e. The number of ether oxygens (including phenoxy) is 2. The lowest BCUT2D eigenvalue weighted by Gasteiger charge is -2.18. The predicted molar refractivity (Wildman–Crippen MR) is 78.0 cm³/mol. The maximum Gasteiger partial charge on any atom is 0.161 e. The summed E-state index contributed by atoms with van der Waals surface area (Å²) in [7, 11) is 1.71. The van der Waals surface area contributed by atoms with Crippen LogP contribution in [0, 0.1) is 0 Å². The fourth-order valence-corrected chi connectivity index (χ4v) is 2.66. The van der Waals surface area contributed by atoms with E-state index in [4.69, 9.17) is 9.47 Å². The Kier molecular flexibility index (Phi) is 5.08. The molecule has 0 aliphatic heterocycles. The molecule has 0 radical (unpaired) electrons. The third-order valence-electron chi connectivity index (χ3n) is 3.79. The summed E-state index contributed by atoms with van der Waals surface area (Å²) in [5.74, 6) is 1.72. The van der Waals surface area contributed by atoms with Crippen molar-refractivity contribution < 1.29 is 9.47 Å². The highest BCUT2D eigenvalue weighted by Gasteiger charge is 2.18. The molecule has 19 heavy (non-hydrogen) atoms. The van der Waals surface area contributed by atoms with Crippen LogP contribution in [-0.4, -0.2) is 19.8 Å². The molecule has 1 aromatic carbocycles. The first kappa shape index (κ1) is 14.2. The molecular weight excluding hydrogens is 238 g/mol. The van der Waals surface area contributed by atoms with Crippen LogP contribution < -0.4 is 14.8 Å². The minimum Gasteiger partial charge on any atom is -0.493 e. The second-order valence-electron chi connectivity index (χ2n) is 5.21. The van der Waals surface area contributed by atoms with Gasteiger partial charge in [0.05, 0.1) is 13.2 Å². The molecule has 1 fully saturated rings. The Morgan fingerprint density at radius 1 is 1.26 bits per heavy atom. The van der Waals surface area contributed by atoms with Gasteiger partial charge in [0.1, 0.15) is 0 Å². The molecule has 2 rings (SSSR count). The molecule has 1 unspecified atom stereocenters. The molecule has 1 saturated carbocycles. The van der Waals surface area contributed by atoms with Gasteiger partial charge in [-0.25, -0.2) is 0 Å². The first-order valence-electron chi connectivity index (χ1n) is 7.32. The van der Waals surface area contributed by atoms with E-state index in [2.05, 4.69) is 31.3 Å². The first-order chi connectivity index (χ1) is 9.24. The summed E-state index contributed by atoms with van der Waals surface area (Å²) >= 11 is 0. The Bertz CT molecular complexity index is 400. The van der Waals surface area contributed by atoms with E-state index in [1.807, 2.05) is 6.07 Å². The van der Waals surface area contributed by atoms with Gasteiger partial charge in [-0.3, -0.25) is 0 Å². The fraction of sp³-hybridized carbons (Fsp3) is 0.625. The molecule has 106 valence electrons. The molecule has 0 amide bonds. The monoisotopic (exact) mass is 263 g/mol. The van der Waals surface area contributed by atoms with Crippen molar-refractivity contribution >= 4 is 0 Å². The summed E-state index contributed by atoms with van der Waals surface area (Å²) in [5, 5.41) is 3.41. The minimum atomic E-state index is 0.333. The predicted octanol–water partition coefficient (Wildman–Crippen LogP) is 3.69. The van der Waals surface area contributed by atoms with E-state index in [1.165, 1.54) is 31.2 Å². The van der Waals surface area contributed by atoms with E-state index in [1.54, 1.807) is 7.11 Å². The summed E-state index contributed by atoms with van der Waals surface area (Å²) < 4.78 is 11.5. The van der Waals surface area contributed by atoms with Crippen molar-refractivity contribution in [1.29, 1.82) is 0 Å². The highest BCUT2D eigenvalue weighted by molar-refractivity contribution is 5.44. The Balaban J connectivity index is 2.11. The SMILES string of the molecule is CCNC(C)c1ccc(OC2CCCC2)c(OC)c1. The molecular formula is C16H25NO2. The number of hydrogen-bond acceptors (Lipinski definition) is 3. The molecule has 0 spiro atoms. The topological polar surface area (TPSA) is 30.5 Å². The van der Waals surface area contributed by atoms with Crippen molar-refractivity contribution in [3.05, 3.63) is 23.8 Å². The number of nitrogens with one attached hydrogen (secondary N) is 1. The Morgan fingerprint density at radius 2 is 2.00 bits per heavy atom. The number of benzene rings is 1. The molecule has 1 aliphatic carbocycles. The molecule has 1 aromatic rings. The third kappa shape index (κ3) is 3.63. The van der Waals surface area contributed by atoms with Crippen LogP contribution in [0.5, 0.6) is 11.5 Å². The van der Waals surface area contributed by atoms with Gasteiger partial charge in [-0.15, -0.1) is 0 Å². The molecule has 3 heteroatoms. The molecule has 0 saturated heterocycles. The zero-order chi connectivity index (χ0) is 13.7. The Hall–Kier alpha value is -1.22. The van der Waals surface area contributed by atoms with E-state index < -0.39 is 0 Å². The summed E-state index contributed by atoms with van der Waals surface area (Å²) in [6.07, 6.45) is 5.26. The maximum absolute atomic E-state index is 6.05. The Morgan fingerprint density at radius 3 is 2.63 bits per heavy atom. The largest absolute Gasteiger partial charge is 0.493 e. The summed E-state index contributed by atoms with van der Waals surface area (Å²) in [5.41, 5.74) is 1.23. The van der Waals surface area contributed by atoms with Gasteiger partial charge in [-0.05, 0) is 56.8 Å². The van der Waals surface area contributed by atoms with Crippen molar-refractivity contribution in [1.82, 2.24) is 5.32 Å². The molecule has 0 heterocycles. The van der Waals surface area contributed by atoms with Crippen LogP contribution in [0.2, 0.25) is 0 Å². The average Bonchev–Trinajstić information content (AvgIpc) is 2.92. The lowest BCUT2D eigenvalue weighted by Crippen LogP contribution is -2.18. The van der Waals surface area contributed by atoms with E-state index in [0.717, 1.165) is 18.0 Å². The van der Waals surface area contributed by atoms with Gasteiger partial charge >= 0.3 is 0 Å². The van der Waals surface area contributed by atoms with Crippen LogP contribution in [0.1, 0.15) is 51.1 Å². The maximum atomic E-state index is 6.05. The van der Waals surface area contributed by atoms with Crippen molar-refractivity contribution in [2.24, 2.45) is 0 Å². The third-order valence-corrected chi connectivity index (χ3v) is 3.79. The second kappa shape index (κ2) is 6.80. The van der Waals surface area contributed by atoms with E-state index >= 15 is 0 Å². The quantitative estimate of drug-likeness (QED) is 0.849. The zero-order valence-corrected chi connectivity index (χ0v) is 12.2. The molecule has 0 bridgehead atoms. The van der Waals surface area contributed by atoms with Crippen LogP contribution in [0.25, 0.3) is 0 Å². The minimum absolute atomic E-state index is 0.333. The zero-order valence-electron chi connectivity index (χ0n) is 12.2. The van der Waals surface area contributed by atoms with Gasteiger partial charge in [0.15, 0.2) is 11.5 Å². The molecule has 1 atom stereocenters. The van der Waals surface area contributed by atoms with Crippen LogP contribution in [-0.2, 0) is 0 Å². The van der Waals surface area contributed by atoms with Crippen LogP contribution in [0.3, 0.4) is 0 Å². The standard InChI is InChI=1S/C16H25NO2/c1-4-17-12(2)13-9-10-15(16(11-13)18-3)19-14-7-5-6-8-14/h9-12,14,17H,4-8H2,1-3H3. The van der Waals surface area contributed by atoms with Crippen LogP contribution in [0.4, 0.5) is 0 Å². The fourth-order valence-electron chi connectivity index (χ4n) is 2.66. The van der Waals surface area contributed by atoms with Gasteiger partial charge in [-0.2, -0.15) is 0 Å². The molecule has 3 nitrogen and oxygen atoms in total. The van der Waals surface area contributed by atoms with Gasteiger partial charge in [0.25, 0.3) is 0 Å². The highest BCUT2D eigenvalue weighted by atomic mass is 16.5. The molecule has 0 aromatic heterocycles. The average molecular weight is 263 g/mol. The highest BCUT2D eigenvalue weighted by Crippen LogP contribution is 2.33. The first-order valence-corrected chi connectivity index (χ1v) is 7.32. The summed E-state index contributed by atoms with van der Waals surface area (Å²) in [6, 6.07) is 6.58.